The molecule has 2 rings (SSSR count). The number of carbonyl (C=O) groups excluding carboxylic acids is 1. The fraction of sp³-hybridized carbons (Fsp3) is 0.294. The zero-order valence-corrected chi connectivity index (χ0v) is 13.1. The largest absolute Gasteiger partial charge is 0.495 e. The molecule has 0 aliphatic heterocycles. The number of hydrogen-bond acceptors (Lipinski definition) is 4. The third-order valence-corrected chi connectivity index (χ3v) is 3.37. The van der Waals surface area contributed by atoms with Crippen LogP contribution < -0.4 is 15.4 Å². The first kappa shape index (κ1) is 15.8. The number of nitrogens with one attached hydrogen (secondary N) is 2. The van der Waals surface area contributed by atoms with Crippen LogP contribution in [-0.2, 0) is 0 Å². The molecule has 0 saturated heterocycles. The van der Waals surface area contributed by atoms with Crippen molar-refractivity contribution < 1.29 is 9.53 Å². The number of para-hydroxylation sites is 2. The number of rotatable bonds is 6. The number of pyridine rings is 1. The summed E-state index contributed by atoms with van der Waals surface area (Å²) < 4.78 is 5.31. The van der Waals surface area contributed by atoms with E-state index in [1.54, 1.807) is 19.4 Å². The van der Waals surface area contributed by atoms with Gasteiger partial charge in [-0.1, -0.05) is 19.1 Å². The molecule has 0 aliphatic carbocycles. The van der Waals surface area contributed by atoms with E-state index in [1.165, 1.54) is 0 Å². The summed E-state index contributed by atoms with van der Waals surface area (Å²) >= 11 is 0. The average Bonchev–Trinajstić information content (AvgIpc) is 2.55. The summed E-state index contributed by atoms with van der Waals surface area (Å²) in [6.45, 7) is 3.99. The van der Waals surface area contributed by atoms with Gasteiger partial charge in [-0.15, -0.1) is 0 Å². The topological polar surface area (TPSA) is 63.2 Å². The van der Waals surface area contributed by atoms with Gasteiger partial charge in [0.2, 0.25) is 0 Å². The van der Waals surface area contributed by atoms with Crippen LogP contribution in [0, 0.1) is 0 Å². The standard InChI is InChI=1S/C17H21N3O2/c1-4-12(2)19-17(21)15-11-13(9-10-18-15)20-14-7-5-6-8-16(14)22-3/h5-12H,4H2,1-3H3,(H,18,20)(H,19,21). The third kappa shape index (κ3) is 3.97. The van der Waals surface area contributed by atoms with Crippen molar-refractivity contribution in [3.63, 3.8) is 0 Å². The lowest BCUT2D eigenvalue weighted by molar-refractivity contribution is 0.0934. The Morgan fingerprint density at radius 3 is 2.82 bits per heavy atom. The van der Waals surface area contributed by atoms with Crippen LogP contribution >= 0.6 is 0 Å². The van der Waals surface area contributed by atoms with Gasteiger partial charge in [0.15, 0.2) is 0 Å². The number of hydrogen-bond donors (Lipinski definition) is 2. The number of benzene rings is 1. The summed E-state index contributed by atoms with van der Waals surface area (Å²) in [5, 5.41) is 6.15. The van der Waals surface area contributed by atoms with Gasteiger partial charge in [-0.3, -0.25) is 9.78 Å². The summed E-state index contributed by atoms with van der Waals surface area (Å²) in [5.74, 6) is 0.572. The molecule has 0 bridgehead atoms. The van der Waals surface area contributed by atoms with Crippen molar-refractivity contribution in [2.45, 2.75) is 26.3 Å². The van der Waals surface area contributed by atoms with Gasteiger partial charge >= 0.3 is 0 Å². The van der Waals surface area contributed by atoms with Crippen LogP contribution in [0.25, 0.3) is 0 Å². The summed E-state index contributed by atoms with van der Waals surface area (Å²) in [6, 6.07) is 11.3. The Kier molecular flexibility index (Phi) is 5.36. The predicted octanol–water partition coefficient (Wildman–Crippen LogP) is 3.36. The predicted molar refractivity (Wildman–Crippen MR) is 87.7 cm³/mol. The maximum Gasteiger partial charge on any atom is 0.270 e. The van der Waals surface area contributed by atoms with Crippen LogP contribution in [0.1, 0.15) is 30.8 Å². The molecular weight excluding hydrogens is 278 g/mol. The van der Waals surface area contributed by atoms with Crippen LogP contribution in [0.4, 0.5) is 11.4 Å². The highest BCUT2D eigenvalue weighted by Crippen LogP contribution is 2.26. The molecule has 1 aromatic heterocycles. The summed E-state index contributed by atoms with van der Waals surface area (Å²) in [4.78, 5) is 16.2. The highest BCUT2D eigenvalue weighted by atomic mass is 16.5. The Balaban J connectivity index is 2.16. The molecule has 22 heavy (non-hydrogen) atoms. The molecule has 1 aromatic carbocycles. The first-order valence-electron chi connectivity index (χ1n) is 7.31. The second-order valence-corrected chi connectivity index (χ2v) is 5.04. The van der Waals surface area contributed by atoms with Crippen molar-refractivity contribution in [2.24, 2.45) is 0 Å². The van der Waals surface area contributed by atoms with E-state index in [0.717, 1.165) is 23.5 Å². The molecule has 0 spiro atoms. The molecule has 5 nitrogen and oxygen atoms in total. The van der Waals surface area contributed by atoms with Gasteiger partial charge in [0, 0.05) is 17.9 Å². The SMILES string of the molecule is CCC(C)NC(=O)c1cc(Nc2ccccc2OC)ccn1. The Morgan fingerprint density at radius 2 is 2.09 bits per heavy atom. The first-order valence-corrected chi connectivity index (χ1v) is 7.31. The van der Waals surface area contributed by atoms with Gasteiger partial charge in [-0.05, 0) is 37.6 Å². The summed E-state index contributed by atoms with van der Waals surface area (Å²) in [5.41, 5.74) is 2.01. The van der Waals surface area contributed by atoms with E-state index in [0.29, 0.717) is 5.69 Å². The molecule has 5 heteroatoms. The minimum Gasteiger partial charge on any atom is -0.495 e. The average molecular weight is 299 g/mol. The van der Waals surface area contributed by atoms with Crippen molar-refractivity contribution >= 4 is 17.3 Å². The van der Waals surface area contributed by atoms with E-state index in [-0.39, 0.29) is 11.9 Å². The van der Waals surface area contributed by atoms with Crippen molar-refractivity contribution in [2.75, 3.05) is 12.4 Å². The van der Waals surface area contributed by atoms with Crippen LogP contribution in [0.3, 0.4) is 0 Å². The number of nitrogens with zero attached hydrogens (tertiary/aromatic N) is 1. The molecule has 116 valence electrons. The number of methoxy groups -OCH3 is 1. The van der Waals surface area contributed by atoms with E-state index in [2.05, 4.69) is 15.6 Å². The second-order valence-electron chi connectivity index (χ2n) is 5.04. The lowest BCUT2D eigenvalue weighted by atomic mass is 10.2. The zero-order chi connectivity index (χ0) is 15.9. The van der Waals surface area contributed by atoms with Gasteiger partial charge in [-0.25, -0.2) is 0 Å². The highest BCUT2D eigenvalue weighted by Gasteiger charge is 2.11. The fourth-order valence-electron chi connectivity index (χ4n) is 1.94. The molecule has 2 aromatic rings. The Hall–Kier alpha value is -2.56. The number of carbonyl (C=O) groups is 1. The molecule has 1 atom stereocenters. The van der Waals surface area contributed by atoms with Gasteiger partial charge in [-0.2, -0.15) is 0 Å². The quantitative estimate of drug-likeness (QED) is 0.858. The summed E-state index contributed by atoms with van der Waals surface area (Å²) in [7, 11) is 1.62. The number of anilines is 2. The molecule has 0 fully saturated rings. The molecule has 2 N–H and O–H groups in total. The first-order chi connectivity index (χ1) is 10.6. The monoisotopic (exact) mass is 299 g/mol. The minimum absolute atomic E-state index is 0.125. The normalized spacial score (nSPS) is 11.6. The van der Waals surface area contributed by atoms with Gasteiger partial charge < -0.3 is 15.4 Å². The smallest absolute Gasteiger partial charge is 0.270 e. The Bertz CT molecular complexity index is 643. The van der Waals surface area contributed by atoms with Crippen molar-refractivity contribution in [3.8, 4) is 5.75 Å². The summed E-state index contributed by atoms with van der Waals surface area (Å²) in [6.07, 6.45) is 2.49. The van der Waals surface area contributed by atoms with E-state index >= 15 is 0 Å². The van der Waals surface area contributed by atoms with E-state index in [1.807, 2.05) is 44.2 Å². The minimum atomic E-state index is -0.168. The molecule has 0 saturated carbocycles. The number of aromatic nitrogens is 1. The zero-order valence-electron chi connectivity index (χ0n) is 13.1. The van der Waals surface area contributed by atoms with Crippen molar-refractivity contribution in [1.29, 1.82) is 0 Å². The third-order valence-electron chi connectivity index (χ3n) is 3.37. The van der Waals surface area contributed by atoms with Crippen LogP contribution in [0.2, 0.25) is 0 Å². The lowest BCUT2D eigenvalue weighted by Gasteiger charge is -2.13. The molecule has 0 aliphatic rings. The second kappa shape index (κ2) is 7.45. The van der Waals surface area contributed by atoms with Gasteiger partial charge in [0.05, 0.1) is 12.8 Å². The van der Waals surface area contributed by atoms with Gasteiger partial charge in [0.1, 0.15) is 11.4 Å². The van der Waals surface area contributed by atoms with Crippen LogP contribution in [0.5, 0.6) is 5.75 Å². The molecular formula is C17H21N3O2. The van der Waals surface area contributed by atoms with Crippen molar-refractivity contribution in [1.82, 2.24) is 10.3 Å². The number of amides is 1. The maximum absolute atomic E-state index is 12.1. The van der Waals surface area contributed by atoms with Crippen molar-refractivity contribution in [3.05, 3.63) is 48.3 Å². The molecule has 1 heterocycles. The molecule has 0 radical (unpaired) electrons. The number of ether oxygens (including phenoxy) is 1. The highest BCUT2D eigenvalue weighted by molar-refractivity contribution is 5.93. The van der Waals surface area contributed by atoms with Gasteiger partial charge in [0.25, 0.3) is 5.91 Å². The molecule has 1 amide bonds. The fourth-order valence-corrected chi connectivity index (χ4v) is 1.94. The molecule has 1 unspecified atom stereocenters. The van der Waals surface area contributed by atoms with Crippen LogP contribution in [0.15, 0.2) is 42.6 Å². The van der Waals surface area contributed by atoms with E-state index in [9.17, 15) is 4.79 Å². The van der Waals surface area contributed by atoms with E-state index < -0.39 is 0 Å². The Labute approximate surface area is 130 Å². The lowest BCUT2D eigenvalue weighted by Crippen LogP contribution is -2.32. The maximum atomic E-state index is 12.1. The van der Waals surface area contributed by atoms with Crippen LogP contribution in [-0.4, -0.2) is 24.0 Å². The Morgan fingerprint density at radius 1 is 1.32 bits per heavy atom. The van der Waals surface area contributed by atoms with E-state index in [4.69, 9.17) is 4.74 Å².